The second kappa shape index (κ2) is 5.67. The van der Waals surface area contributed by atoms with E-state index >= 15 is 0 Å². The van der Waals surface area contributed by atoms with Gasteiger partial charge in [-0.2, -0.15) is 0 Å². The fourth-order valence-electron chi connectivity index (χ4n) is 2.37. The Hall–Kier alpha value is -1.81. The van der Waals surface area contributed by atoms with Crippen LogP contribution in [-0.4, -0.2) is 23.9 Å². The molecule has 1 amide bonds. The van der Waals surface area contributed by atoms with E-state index in [4.69, 9.17) is 0 Å². The van der Waals surface area contributed by atoms with Crippen molar-refractivity contribution in [3.05, 3.63) is 52.2 Å². The highest BCUT2D eigenvalue weighted by atomic mass is 32.1. The molecule has 0 aliphatic heterocycles. The molecule has 1 fully saturated rings. The Balaban J connectivity index is 1.85. The number of para-hydroxylation sites is 1. The summed E-state index contributed by atoms with van der Waals surface area (Å²) >= 11 is 1.71. The van der Waals surface area contributed by atoms with E-state index in [-0.39, 0.29) is 5.91 Å². The number of nitrogens with one attached hydrogen (secondary N) is 1. The van der Waals surface area contributed by atoms with Gasteiger partial charge in [0, 0.05) is 23.7 Å². The molecule has 1 aromatic heterocycles. The van der Waals surface area contributed by atoms with Crippen molar-refractivity contribution in [2.75, 3.05) is 12.4 Å². The summed E-state index contributed by atoms with van der Waals surface area (Å²) in [5.74, 6) is 0.130. The van der Waals surface area contributed by atoms with Crippen molar-refractivity contribution in [1.82, 2.24) is 4.90 Å². The number of thiophene rings is 1. The monoisotopic (exact) mass is 286 g/mol. The van der Waals surface area contributed by atoms with Crippen molar-refractivity contribution >= 4 is 22.9 Å². The molecule has 4 heteroatoms. The van der Waals surface area contributed by atoms with Crippen LogP contribution in [0.3, 0.4) is 0 Å². The third-order valence-electron chi connectivity index (χ3n) is 3.58. The molecular formula is C16H18N2OS. The average Bonchev–Trinajstić information content (AvgIpc) is 3.20. The molecule has 0 radical (unpaired) electrons. The average molecular weight is 286 g/mol. The zero-order chi connectivity index (χ0) is 13.9. The number of hydrogen-bond donors (Lipinski definition) is 1. The number of carbonyl (C=O) groups excluding carboxylic acids is 1. The highest BCUT2D eigenvalue weighted by molar-refractivity contribution is 7.09. The molecule has 1 aliphatic rings. The number of amides is 1. The van der Waals surface area contributed by atoms with Gasteiger partial charge < -0.3 is 10.2 Å². The molecule has 0 bridgehead atoms. The Morgan fingerprint density at radius 3 is 2.75 bits per heavy atom. The maximum Gasteiger partial charge on any atom is 0.256 e. The molecule has 2 aromatic rings. The first-order valence-corrected chi connectivity index (χ1v) is 7.77. The highest BCUT2D eigenvalue weighted by Crippen LogP contribution is 2.31. The maximum atomic E-state index is 12.8. The van der Waals surface area contributed by atoms with Gasteiger partial charge in [-0.3, -0.25) is 4.79 Å². The second-order valence-electron chi connectivity index (χ2n) is 5.04. The first kappa shape index (κ1) is 13.2. The van der Waals surface area contributed by atoms with E-state index in [0.717, 1.165) is 30.6 Å². The summed E-state index contributed by atoms with van der Waals surface area (Å²) in [4.78, 5) is 16.1. The van der Waals surface area contributed by atoms with Gasteiger partial charge in [0.25, 0.3) is 5.91 Å². The lowest BCUT2D eigenvalue weighted by molar-refractivity contribution is 0.0732. The van der Waals surface area contributed by atoms with E-state index in [2.05, 4.69) is 16.8 Å². The molecular weight excluding hydrogens is 268 g/mol. The van der Waals surface area contributed by atoms with Crippen LogP contribution in [0.1, 0.15) is 28.1 Å². The van der Waals surface area contributed by atoms with Gasteiger partial charge in [0.05, 0.1) is 12.1 Å². The Bertz CT molecular complexity index is 590. The number of rotatable bonds is 5. The van der Waals surface area contributed by atoms with Crippen molar-refractivity contribution in [2.45, 2.75) is 25.4 Å². The Morgan fingerprint density at radius 1 is 1.30 bits per heavy atom. The van der Waals surface area contributed by atoms with Crippen LogP contribution in [0.25, 0.3) is 0 Å². The summed E-state index contributed by atoms with van der Waals surface area (Å²) in [7, 11) is 1.85. The molecule has 3 rings (SSSR count). The van der Waals surface area contributed by atoms with E-state index in [9.17, 15) is 4.79 Å². The highest BCUT2D eigenvalue weighted by Gasteiger charge is 2.33. The summed E-state index contributed by atoms with van der Waals surface area (Å²) in [5.41, 5.74) is 1.66. The van der Waals surface area contributed by atoms with Crippen LogP contribution < -0.4 is 5.32 Å². The fraction of sp³-hybridized carbons (Fsp3) is 0.312. The predicted octanol–water partition coefficient (Wildman–Crippen LogP) is 3.59. The molecule has 0 unspecified atom stereocenters. The fourth-order valence-corrected chi connectivity index (χ4v) is 3.07. The van der Waals surface area contributed by atoms with Crippen LogP contribution in [0, 0.1) is 0 Å². The van der Waals surface area contributed by atoms with Gasteiger partial charge in [-0.05, 0) is 36.4 Å². The number of benzene rings is 1. The van der Waals surface area contributed by atoms with Crippen LogP contribution in [0.15, 0.2) is 41.8 Å². The maximum absolute atomic E-state index is 12.8. The third-order valence-corrected chi connectivity index (χ3v) is 4.44. The van der Waals surface area contributed by atoms with Crippen molar-refractivity contribution in [3.8, 4) is 0 Å². The lowest BCUT2D eigenvalue weighted by Crippen LogP contribution is -2.32. The van der Waals surface area contributed by atoms with Crippen molar-refractivity contribution in [2.24, 2.45) is 0 Å². The zero-order valence-corrected chi connectivity index (χ0v) is 12.3. The summed E-state index contributed by atoms with van der Waals surface area (Å²) < 4.78 is 0. The smallest absolute Gasteiger partial charge is 0.256 e. The van der Waals surface area contributed by atoms with E-state index in [0.29, 0.717) is 6.04 Å². The minimum atomic E-state index is 0.130. The Kier molecular flexibility index (Phi) is 3.74. The molecule has 1 N–H and O–H groups in total. The SMILES string of the molecule is CNc1ccccc1C(=O)N(Cc1cccs1)C1CC1. The summed E-state index contributed by atoms with van der Waals surface area (Å²) in [5, 5.41) is 5.17. The second-order valence-corrected chi connectivity index (χ2v) is 6.07. The summed E-state index contributed by atoms with van der Waals surface area (Å²) in [6.45, 7) is 0.721. The van der Waals surface area contributed by atoms with E-state index < -0.39 is 0 Å². The number of hydrogen-bond acceptors (Lipinski definition) is 3. The van der Waals surface area contributed by atoms with Gasteiger partial charge in [0.15, 0.2) is 0 Å². The largest absolute Gasteiger partial charge is 0.387 e. The van der Waals surface area contributed by atoms with Crippen LogP contribution in [-0.2, 0) is 6.54 Å². The van der Waals surface area contributed by atoms with Crippen molar-refractivity contribution in [1.29, 1.82) is 0 Å². The van der Waals surface area contributed by atoms with Crippen molar-refractivity contribution < 1.29 is 4.79 Å². The zero-order valence-electron chi connectivity index (χ0n) is 11.5. The summed E-state index contributed by atoms with van der Waals surface area (Å²) in [6.07, 6.45) is 2.25. The molecule has 3 nitrogen and oxygen atoms in total. The first-order valence-electron chi connectivity index (χ1n) is 6.89. The number of nitrogens with zero attached hydrogens (tertiary/aromatic N) is 1. The minimum absolute atomic E-state index is 0.130. The number of anilines is 1. The van der Waals surface area contributed by atoms with E-state index in [1.54, 1.807) is 11.3 Å². The van der Waals surface area contributed by atoms with Crippen LogP contribution in [0.2, 0.25) is 0 Å². The molecule has 1 heterocycles. The van der Waals surface area contributed by atoms with Crippen LogP contribution in [0.4, 0.5) is 5.69 Å². The van der Waals surface area contributed by atoms with E-state index in [1.165, 1.54) is 4.88 Å². The molecule has 20 heavy (non-hydrogen) atoms. The van der Waals surface area contributed by atoms with Gasteiger partial charge in [-0.25, -0.2) is 0 Å². The molecule has 1 aliphatic carbocycles. The Morgan fingerprint density at radius 2 is 2.10 bits per heavy atom. The van der Waals surface area contributed by atoms with Gasteiger partial charge in [-0.1, -0.05) is 18.2 Å². The standard InChI is InChI=1S/C16H18N2OS/c1-17-15-7-3-2-6-14(15)16(19)18(12-8-9-12)11-13-5-4-10-20-13/h2-7,10,12,17H,8-9,11H2,1H3. The van der Waals surface area contributed by atoms with Gasteiger partial charge in [0.2, 0.25) is 0 Å². The summed E-state index contributed by atoms with van der Waals surface area (Å²) in [6, 6.07) is 12.3. The molecule has 104 valence electrons. The molecule has 0 atom stereocenters. The molecule has 1 aromatic carbocycles. The lowest BCUT2D eigenvalue weighted by atomic mass is 10.1. The minimum Gasteiger partial charge on any atom is -0.387 e. The predicted molar refractivity (Wildman–Crippen MR) is 83.2 cm³/mol. The normalized spacial score (nSPS) is 14.1. The quantitative estimate of drug-likeness (QED) is 0.911. The van der Waals surface area contributed by atoms with Gasteiger partial charge in [0.1, 0.15) is 0 Å². The van der Waals surface area contributed by atoms with E-state index in [1.807, 2.05) is 42.3 Å². The Labute approximate surface area is 123 Å². The van der Waals surface area contributed by atoms with Crippen LogP contribution in [0.5, 0.6) is 0 Å². The first-order chi connectivity index (χ1) is 9.79. The van der Waals surface area contributed by atoms with Gasteiger partial charge in [-0.15, -0.1) is 11.3 Å². The molecule has 0 spiro atoms. The third kappa shape index (κ3) is 2.70. The molecule has 1 saturated carbocycles. The van der Waals surface area contributed by atoms with Crippen LogP contribution >= 0.6 is 11.3 Å². The van der Waals surface area contributed by atoms with Crippen molar-refractivity contribution in [3.63, 3.8) is 0 Å². The topological polar surface area (TPSA) is 32.3 Å². The molecule has 0 saturated heterocycles. The van der Waals surface area contributed by atoms with Gasteiger partial charge >= 0.3 is 0 Å². The lowest BCUT2D eigenvalue weighted by Gasteiger charge is -2.23. The number of carbonyl (C=O) groups is 1.